The quantitative estimate of drug-likeness (QED) is 0.860. The van der Waals surface area contributed by atoms with Gasteiger partial charge in [0, 0.05) is 25.0 Å². The maximum Gasteiger partial charge on any atom is 0.223 e. The molecular formula is C20H28N4O. The van der Waals surface area contributed by atoms with Crippen LogP contribution in [0.25, 0.3) is 0 Å². The molecule has 4 rings (SSSR count). The number of hydrogen-bond acceptors (Lipinski definition) is 4. The fraction of sp³-hybridized carbons (Fsp3) is 0.650. The lowest BCUT2D eigenvalue weighted by Gasteiger charge is -2.34. The average molecular weight is 340 g/mol. The summed E-state index contributed by atoms with van der Waals surface area (Å²) < 4.78 is 0. The Labute approximate surface area is 149 Å². The summed E-state index contributed by atoms with van der Waals surface area (Å²) in [5, 5.41) is 12.2. The molecule has 1 aromatic heterocycles. The van der Waals surface area contributed by atoms with Crippen LogP contribution >= 0.6 is 0 Å². The standard InChI is InChI=1S/C20H28N4O/c25-20(15-6-2-1-3-7-15)21-17-10-12-24(13-11-17)19-14-16-8-4-5-9-18(16)22-23-19/h1-2,14-15,17H,3-13H2,(H,21,25). The predicted octanol–water partition coefficient (Wildman–Crippen LogP) is 2.80. The maximum absolute atomic E-state index is 12.4. The lowest BCUT2D eigenvalue weighted by molar-refractivity contribution is -0.126. The van der Waals surface area contributed by atoms with Gasteiger partial charge in [-0.15, -0.1) is 5.10 Å². The Bertz CT molecular complexity index is 649. The van der Waals surface area contributed by atoms with Gasteiger partial charge in [0.25, 0.3) is 0 Å². The molecule has 1 fully saturated rings. The summed E-state index contributed by atoms with van der Waals surface area (Å²) in [5.41, 5.74) is 2.58. The van der Waals surface area contributed by atoms with E-state index in [0.717, 1.165) is 63.9 Å². The lowest BCUT2D eigenvalue weighted by Crippen LogP contribution is -2.46. The molecule has 5 heteroatoms. The number of anilines is 1. The monoisotopic (exact) mass is 340 g/mol. The van der Waals surface area contributed by atoms with E-state index in [4.69, 9.17) is 0 Å². The molecule has 1 aliphatic heterocycles. The molecule has 134 valence electrons. The first-order chi connectivity index (χ1) is 12.3. The van der Waals surface area contributed by atoms with Crippen LogP contribution in [0.1, 0.15) is 56.2 Å². The van der Waals surface area contributed by atoms with Crippen LogP contribution in [-0.2, 0) is 17.6 Å². The number of rotatable bonds is 3. The van der Waals surface area contributed by atoms with Gasteiger partial charge in [0.1, 0.15) is 0 Å². The van der Waals surface area contributed by atoms with Crippen molar-refractivity contribution in [2.75, 3.05) is 18.0 Å². The Morgan fingerprint density at radius 1 is 1.08 bits per heavy atom. The van der Waals surface area contributed by atoms with Crippen LogP contribution in [0, 0.1) is 5.92 Å². The van der Waals surface area contributed by atoms with Crippen LogP contribution in [0.4, 0.5) is 5.82 Å². The fourth-order valence-electron chi connectivity index (χ4n) is 4.24. The van der Waals surface area contributed by atoms with E-state index in [1.807, 2.05) is 0 Å². The summed E-state index contributed by atoms with van der Waals surface area (Å²) in [6, 6.07) is 2.55. The van der Waals surface area contributed by atoms with Crippen molar-refractivity contribution in [1.82, 2.24) is 15.5 Å². The second kappa shape index (κ2) is 7.54. The number of amides is 1. The molecule has 0 aromatic carbocycles. The van der Waals surface area contributed by atoms with E-state index in [9.17, 15) is 4.79 Å². The minimum absolute atomic E-state index is 0.176. The van der Waals surface area contributed by atoms with Gasteiger partial charge < -0.3 is 10.2 Å². The molecule has 2 heterocycles. The Morgan fingerprint density at radius 3 is 2.72 bits per heavy atom. The van der Waals surface area contributed by atoms with Gasteiger partial charge in [0.05, 0.1) is 5.69 Å². The largest absolute Gasteiger partial charge is 0.355 e. The molecule has 3 aliphatic rings. The van der Waals surface area contributed by atoms with E-state index in [-0.39, 0.29) is 11.8 Å². The van der Waals surface area contributed by atoms with Gasteiger partial charge in [-0.2, -0.15) is 5.10 Å². The summed E-state index contributed by atoms with van der Waals surface area (Å²) in [6.45, 7) is 1.89. The van der Waals surface area contributed by atoms with Crippen molar-refractivity contribution in [3.8, 4) is 0 Å². The first-order valence-electron chi connectivity index (χ1n) is 9.85. The number of hydrogen-bond donors (Lipinski definition) is 1. The molecule has 1 atom stereocenters. The molecule has 5 nitrogen and oxygen atoms in total. The van der Waals surface area contributed by atoms with E-state index in [1.165, 1.54) is 24.1 Å². The highest BCUT2D eigenvalue weighted by molar-refractivity contribution is 5.79. The molecule has 0 bridgehead atoms. The number of aromatic nitrogens is 2. The summed E-state index contributed by atoms with van der Waals surface area (Å²) >= 11 is 0. The number of nitrogens with one attached hydrogen (secondary N) is 1. The van der Waals surface area contributed by atoms with Gasteiger partial charge in [0.15, 0.2) is 5.82 Å². The lowest BCUT2D eigenvalue weighted by atomic mass is 9.93. The molecular weight excluding hydrogens is 312 g/mol. The molecule has 25 heavy (non-hydrogen) atoms. The van der Waals surface area contributed by atoms with Crippen LogP contribution in [0.5, 0.6) is 0 Å². The molecule has 1 amide bonds. The van der Waals surface area contributed by atoms with E-state index >= 15 is 0 Å². The van der Waals surface area contributed by atoms with Crippen LogP contribution in [-0.4, -0.2) is 35.2 Å². The van der Waals surface area contributed by atoms with Crippen molar-refractivity contribution < 1.29 is 4.79 Å². The highest BCUT2D eigenvalue weighted by atomic mass is 16.1. The number of carbonyl (C=O) groups is 1. The first kappa shape index (κ1) is 16.6. The summed E-state index contributed by atoms with van der Waals surface area (Å²) in [6.07, 6.45) is 14.0. The van der Waals surface area contributed by atoms with Crippen LogP contribution in [0.3, 0.4) is 0 Å². The zero-order chi connectivity index (χ0) is 17.1. The van der Waals surface area contributed by atoms with Gasteiger partial charge in [-0.05, 0) is 69.4 Å². The number of fused-ring (bicyclic) bond motifs is 1. The molecule has 0 spiro atoms. The van der Waals surface area contributed by atoms with Gasteiger partial charge in [-0.3, -0.25) is 4.79 Å². The fourth-order valence-corrected chi connectivity index (χ4v) is 4.24. The van der Waals surface area contributed by atoms with E-state index in [2.05, 4.69) is 38.6 Å². The number of carbonyl (C=O) groups excluding carboxylic acids is 1. The normalized spacial score (nSPS) is 24.0. The van der Waals surface area contributed by atoms with Crippen LogP contribution < -0.4 is 10.2 Å². The van der Waals surface area contributed by atoms with Crippen LogP contribution in [0.15, 0.2) is 18.2 Å². The number of nitrogens with zero attached hydrogens (tertiary/aromatic N) is 3. The van der Waals surface area contributed by atoms with E-state index in [0.29, 0.717) is 6.04 Å². The molecule has 1 aromatic rings. The highest BCUT2D eigenvalue weighted by Crippen LogP contribution is 2.25. The van der Waals surface area contributed by atoms with Gasteiger partial charge >= 0.3 is 0 Å². The molecule has 1 N–H and O–H groups in total. The summed E-state index contributed by atoms with van der Waals surface area (Å²) in [4.78, 5) is 14.7. The second-order valence-electron chi connectivity index (χ2n) is 7.63. The number of piperidine rings is 1. The highest BCUT2D eigenvalue weighted by Gasteiger charge is 2.26. The van der Waals surface area contributed by atoms with Crippen molar-refractivity contribution in [2.45, 2.75) is 63.8 Å². The zero-order valence-corrected chi connectivity index (χ0v) is 14.9. The van der Waals surface area contributed by atoms with E-state index in [1.54, 1.807) is 0 Å². The van der Waals surface area contributed by atoms with Crippen molar-refractivity contribution in [3.63, 3.8) is 0 Å². The van der Waals surface area contributed by atoms with Crippen molar-refractivity contribution in [1.29, 1.82) is 0 Å². The first-order valence-corrected chi connectivity index (χ1v) is 9.85. The molecule has 1 saturated heterocycles. The van der Waals surface area contributed by atoms with Gasteiger partial charge in [-0.1, -0.05) is 12.2 Å². The minimum Gasteiger partial charge on any atom is -0.355 e. The molecule has 2 aliphatic carbocycles. The smallest absolute Gasteiger partial charge is 0.223 e. The van der Waals surface area contributed by atoms with Crippen molar-refractivity contribution in [3.05, 3.63) is 29.5 Å². The second-order valence-corrected chi connectivity index (χ2v) is 7.63. The Kier molecular flexibility index (Phi) is 4.99. The average Bonchev–Trinajstić information content (AvgIpc) is 2.69. The Hall–Kier alpha value is -1.91. The minimum atomic E-state index is 0.176. The predicted molar refractivity (Wildman–Crippen MR) is 98.5 cm³/mol. The summed E-state index contributed by atoms with van der Waals surface area (Å²) in [7, 11) is 0. The van der Waals surface area contributed by atoms with E-state index < -0.39 is 0 Å². The molecule has 0 radical (unpaired) electrons. The third-order valence-electron chi connectivity index (χ3n) is 5.86. The summed E-state index contributed by atoms with van der Waals surface area (Å²) in [5.74, 6) is 1.44. The molecule has 0 saturated carbocycles. The van der Waals surface area contributed by atoms with Crippen LogP contribution in [0.2, 0.25) is 0 Å². The van der Waals surface area contributed by atoms with Crippen molar-refractivity contribution >= 4 is 11.7 Å². The third-order valence-corrected chi connectivity index (χ3v) is 5.86. The topological polar surface area (TPSA) is 58.1 Å². The number of allylic oxidation sites excluding steroid dienone is 2. The van der Waals surface area contributed by atoms with Gasteiger partial charge in [0.2, 0.25) is 5.91 Å². The van der Waals surface area contributed by atoms with Crippen molar-refractivity contribution in [2.24, 2.45) is 5.92 Å². The molecule has 1 unspecified atom stereocenters. The maximum atomic E-state index is 12.4. The third kappa shape index (κ3) is 3.86. The van der Waals surface area contributed by atoms with Gasteiger partial charge in [-0.25, -0.2) is 0 Å². The SMILES string of the molecule is O=C(NC1CCN(c2cc3c(nn2)CCCC3)CC1)C1CC=CCC1. The number of aryl methyl sites for hydroxylation is 2. The zero-order valence-electron chi connectivity index (χ0n) is 14.9. The Morgan fingerprint density at radius 2 is 1.92 bits per heavy atom. The Balaban J connectivity index is 1.31.